The predicted octanol–water partition coefficient (Wildman–Crippen LogP) is 3.26. The quantitative estimate of drug-likeness (QED) is 0.770. The van der Waals surface area contributed by atoms with E-state index in [1.165, 1.54) is 18.2 Å². The Morgan fingerprint density at radius 2 is 1.77 bits per heavy atom. The molecular formula is C19H27N5OS. The number of hydrogen-bond donors (Lipinski definition) is 0. The van der Waals surface area contributed by atoms with Gasteiger partial charge in [-0.15, -0.1) is 5.10 Å². The highest BCUT2D eigenvalue weighted by molar-refractivity contribution is 8.00. The van der Waals surface area contributed by atoms with E-state index < -0.39 is 0 Å². The smallest absolute Gasteiger partial charge is 0.235 e. The fourth-order valence-corrected chi connectivity index (χ4v) is 4.69. The van der Waals surface area contributed by atoms with E-state index >= 15 is 0 Å². The molecule has 26 heavy (non-hydrogen) atoms. The van der Waals surface area contributed by atoms with Crippen molar-refractivity contribution in [3.63, 3.8) is 0 Å². The Hall–Kier alpha value is -1.89. The van der Waals surface area contributed by atoms with Crippen molar-refractivity contribution in [3.8, 4) is 5.69 Å². The Labute approximate surface area is 159 Å². The molecule has 1 saturated heterocycles. The zero-order valence-corrected chi connectivity index (χ0v) is 17.0. The van der Waals surface area contributed by atoms with Crippen LogP contribution in [0.2, 0.25) is 0 Å². The van der Waals surface area contributed by atoms with Crippen LogP contribution in [0.3, 0.4) is 0 Å². The molecule has 0 N–H and O–H groups in total. The normalized spacial score (nSPS) is 21.7. The summed E-state index contributed by atoms with van der Waals surface area (Å²) < 4.78 is 1.72. The third-order valence-electron chi connectivity index (χ3n) is 4.70. The van der Waals surface area contributed by atoms with Crippen LogP contribution < -0.4 is 0 Å². The van der Waals surface area contributed by atoms with Crippen LogP contribution >= 0.6 is 11.8 Å². The largest absolute Gasteiger partial charge is 0.341 e. The number of nitrogens with zero attached hydrogens (tertiary/aromatic N) is 5. The standard InChI is InChI=1S/C19H27N5OS/c1-12-6-13(2)9-17(8-12)24-19(20-21-22-24)26-16(5)18(25)23-10-14(3)7-15(4)11-23/h6,8-9,14-16H,7,10-11H2,1-5H3/t14-,15-,16-/m0/s1. The zero-order chi connectivity index (χ0) is 18.8. The second-order valence-corrected chi connectivity index (χ2v) is 8.98. The van der Waals surface area contributed by atoms with E-state index in [2.05, 4.69) is 49.3 Å². The van der Waals surface area contributed by atoms with E-state index in [9.17, 15) is 4.79 Å². The topological polar surface area (TPSA) is 63.9 Å². The third kappa shape index (κ3) is 4.26. The number of piperidine rings is 1. The fourth-order valence-electron chi connectivity index (χ4n) is 3.80. The van der Waals surface area contributed by atoms with Gasteiger partial charge in [-0.25, -0.2) is 0 Å². The minimum atomic E-state index is -0.219. The summed E-state index contributed by atoms with van der Waals surface area (Å²) >= 11 is 1.42. The average Bonchev–Trinajstić information content (AvgIpc) is 3.00. The summed E-state index contributed by atoms with van der Waals surface area (Å²) in [7, 11) is 0. The molecule has 1 aliphatic rings. The summed E-state index contributed by atoms with van der Waals surface area (Å²) in [5.41, 5.74) is 3.24. The molecule has 0 spiro atoms. The zero-order valence-electron chi connectivity index (χ0n) is 16.1. The minimum absolute atomic E-state index is 0.170. The molecule has 1 aromatic carbocycles. The highest BCUT2D eigenvalue weighted by Gasteiger charge is 2.29. The summed E-state index contributed by atoms with van der Waals surface area (Å²) in [5, 5.41) is 12.5. The van der Waals surface area contributed by atoms with Crippen molar-refractivity contribution in [1.82, 2.24) is 25.1 Å². The van der Waals surface area contributed by atoms with Gasteiger partial charge in [-0.2, -0.15) is 4.68 Å². The molecule has 140 valence electrons. The molecule has 3 atom stereocenters. The summed E-state index contributed by atoms with van der Waals surface area (Å²) in [5.74, 6) is 1.28. The number of likely N-dealkylation sites (tertiary alicyclic amines) is 1. The molecule has 0 aliphatic carbocycles. The number of carbonyl (C=O) groups excluding carboxylic acids is 1. The minimum Gasteiger partial charge on any atom is -0.341 e. The van der Waals surface area contributed by atoms with Gasteiger partial charge in [0.25, 0.3) is 0 Å². The first-order valence-electron chi connectivity index (χ1n) is 9.16. The van der Waals surface area contributed by atoms with Crippen molar-refractivity contribution >= 4 is 17.7 Å². The number of aromatic nitrogens is 4. The second-order valence-electron chi connectivity index (χ2n) is 7.67. The maximum absolute atomic E-state index is 12.9. The number of amides is 1. The number of rotatable bonds is 4. The molecule has 1 amide bonds. The van der Waals surface area contributed by atoms with Gasteiger partial charge in [0.2, 0.25) is 11.1 Å². The van der Waals surface area contributed by atoms with E-state index in [4.69, 9.17) is 0 Å². The van der Waals surface area contributed by atoms with Crippen LogP contribution in [-0.4, -0.2) is 49.4 Å². The van der Waals surface area contributed by atoms with Crippen molar-refractivity contribution in [2.24, 2.45) is 11.8 Å². The van der Waals surface area contributed by atoms with E-state index in [-0.39, 0.29) is 11.2 Å². The van der Waals surface area contributed by atoms with Gasteiger partial charge >= 0.3 is 0 Å². The molecule has 2 heterocycles. The fraction of sp³-hybridized carbons (Fsp3) is 0.579. The predicted molar refractivity (Wildman–Crippen MR) is 103 cm³/mol. The number of tetrazole rings is 1. The molecular weight excluding hydrogens is 346 g/mol. The van der Waals surface area contributed by atoms with E-state index in [1.54, 1.807) is 4.68 Å². The molecule has 2 aromatic rings. The molecule has 0 saturated carbocycles. The van der Waals surface area contributed by atoms with Crippen LogP contribution in [0.4, 0.5) is 0 Å². The summed E-state index contributed by atoms with van der Waals surface area (Å²) in [6, 6.07) is 6.22. The monoisotopic (exact) mass is 373 g/mol. The van der Waals surface area contributed by atoms with Crippen LogP contribution in [0, 0.1) is 25.7 Å². The van der Waals surface area contributed by atoms with Crippen LogP contribution in [-0.2, 0) is 4.79 Å². The summed E-state index contributed by atoms with van der Waals surface area (Å²) in [6.07, 6.45) is 1.19. The van der Waals surface area contributed by atoms with Gasteiger partial charge in [0.1, 0.15) is 0 Å². The first kappa shape index (κ1) is 18.9. The lowest BCUT2D eigenvalue weighted by Crippen LogP contribution is -2.45. The summed E-state index contributed by atoms with van der Waals surface area (Å²) in [4.78, 5) is 14.9. The molecule has 1 aromatic heterocycles. The lowest BCUT2D eigenvalue weighted by Gasteiger charge is -2.36. The van der Waals surface area contributed by atoms with Crippen molar-refractivity contribution in [3.05, 3.63) is 29.3 Å². The van der Waals surface area contributed by atoms with Crippen LogP contribution in [0.15, 0.2) is 23.4 Å². The third-order valence-corrected chi connectivity index (χ3v) is 5.72. The van der Waals surface area contributed by atoms with Gasteiger partial charge in [-0.1, -0.05) is 31.7 Å². The molecule has 0 bridgehead atoms. The van der Waals surface area contributed by atoms with Crippen LogP contribution in [0.1, 0.15) is 38.3 Å². The van der Waals surface area contributed by atoms with E-state index in [0.29, 0.717) is 17.0 Å². The molecule has 1 aliphatic heterocycles. The number of hydrogen-bond acceptors (Lipinski definition) is 5. The maximum atomic E-state index is 12.9. The maximum Gasteiger partial charge on any atom is 0.235 e. The number of carbonyl (C=O) groups is 1. The highest BCUT2D eigenvalue weighted by Crippen LogP contribution is 2.27. The van der Waals surface area contributed by atoms with Gasteiger partial charge in [0.15, 0.2) is 0 Å². The number of aryl methyl sites for hydroxylation is 2. The highest BCUT2D eigenvalue weighted by atomic mass is 32.2. The van der Waals surface area contributed by atoms with Crippen molar-refractivity contribution in [1.29, 1.82) is 0 Å². The van der Waals surface area contributed by atoms with Crippen LogP contribution in [0.5, 0.6) is 0 Å². The van der Waals surface area contributed by atoms with Gasteiger partial charge in [0, 0.05) is 13.1 Å². The Balaban J connectivity index is 1.75. The SMILES string of the molecule is Cc1cc(C)cc(-n2nnnc2S[C@@H](C)C(=O)N2C[C@@H](C)C[C@H](C)C2)c1. The molecule has 0 radical (unpaired) electrons. The number of thioether (sulfide) groups is 1. The Morgan fingerprint density at radius 3 is 2.38 bits per heavy atom. The molecule has 0 unspecified atom stereocenters. The summed E-state index contributed by atoms with van der Waals surface area (Å²) in [6.45, 7) is 12.2. The second kappa shape index (κ2) is 7.78. The first-order chi connectivity index (χ1) is 12.3. The average molecular weight is 374 g/mol. The van der Waals surface area contributed by atoms with Gasteiger partial charge in [0.05, 0.1) is 10.9 Å². The lowest BCUT2D eigenvalue weighted by molar-refractivity contribution is -0.132. The first-order valence-corrected chi connectivity index (χ1v) is 10.0. The molecule has 6 nitrogen and oxygen atoms in total. The van der Waals surface area contributed by atoms with Gasteiger partial charge in [-0.05, 0) is 72.7 Å². The Morgan fingerprint density at radius 1 is 1.15 bits per heavy atom. The Kier molecular flexibility index (Phi) is 5.65. The Bertz CT molecular complexity index is 760. The molecule has 1 fully saturated rings. The van der Waals surface area contributed by atoms with Crippen molar-refractivity contribution < 1.29 is 4.79 Å². The van der Waals surface area contributed by atoms with Crippen molar-refractivity contribution in [2.45, 2.75) is 51.4 Å². The van der Waals surface area contributed by atoms with Crippen LogP contribution in [0.25, 0.3) is 5.69 Å². The van der Waals surface area contributed by atoms with E-state index in [0.717, 1.165) is 29.9 Å². The molecule has 7 heteroatoms. The van der Waals surface area contributed by atoms with Crippen molar-refractivity contribution in [2.75, 3.05) is 13.1 Å². The van der Waals surface area contributed by atoms with Gasteiger partial charge in [-0.3, -0.25) is 4.79 Å². The number of benzene rings is 1. The lowest BCUT2D eigenvalue weighted by atomic mass is 9.92. The van der Waals surface area contributed by atoms with E-state index in [1.807, 2.05) is 24.0 Å². The van der Waals surface area contributed by atoms with Gasteiger partial charge < -0.3 is 4.90 Å². The molecule has 3 rings (SSSR count).